The van der Waals surface area contributed by atoms with Crippen LogP contribution in [0.4, 0.5) is 13.2 Å². The van der Waals surface area contributed by atoms with Crippen LogP contribution in [0.2, 0.25) is 10.0 Å². The van der Waals surface area contributed by atoms with E-state index >= 15 is 0 Å². The Balaban J connectivity index is 2.35. The number of benzene rings is 1. The zero-order valence-electron chi connectivity index (χ0n) is 10.8. The van der Waals surface area contributed by atoms with E-state index in [-0.39, 0.29) is 28.7 Å². The van der Waals surface area contributed by atoms with Crippen molar-refractivity contribution in [2.45, 2.75) is 36.9 Å². The predicted molar refractivity (Wildman–Crippen MR) is 77.3 cm³/mol. The fraction of sp³-hybridized carbons (Fsp3) is 0.462. The summed E-state index contributed by atoms with van der Waals surface area (Å²) in [5.41, 5.74) is -1.26. The predicted octanol–water partition coefficient (Wildman–Crippen LogP) is 5.69. The molecule has 0 radical (unpaired) electrons. The second-order valence-electron chi connectivity index (χ2n) is 5.21. The lowest BCUT2D eigenvalue weighted by Crippen LogP contribution is -2.36. The molecule has 0 bridgehead atoms. The van der Waals surface area contributed by atoms with Gasteiger partial charge >= 0.3 is 6.18 Å². The molecule has 2 aromatic rings. The Morgan fingerprint density at radius 3 is 2.29 bits per heavy atom. The minimum atomic E-state index is -4.37. The van der Waals surface area contributed by atoms with Gasteiger partial charge in [-0.1, -0.05) is 23.2 Å². The van der Waals surface area contributed by atoms with Crippen LogP contribution in [-0.2, 0) is 5.54 Å². The average molecular weight is 358 g/mol. The van der Waals surface area contributed by atoms with Crippen LogP contribution >= 0.6 is 34.8 Å². The highest BCUT2D eigenvalue weighted by Crippen LogP contribution is 2.57. The van der Waals surface area contributed by atoms with E-state index in [4.69, 9.17) is 34.8 Å². The topological polar surface area (TPSA) is 17.8 Å². The fourth-order valence-electron chi connectivity index (χ4n) is 2.56. The summed E-state index contributed by atoms with van der Waals surface area (Å²) in [7, 11) is 0. The van der Waals surface area contributed by atoms with Crippen molar-refractivity contribution >= 4 is 45.8 Å². The van der Waals surface area contributed by atoms with Crippen molar-refractivity contribution in [2.75, 3.05) is 0 Å². The van der Waals surface area contributed by atoms with Crippen LogP contribution in [0.3, 0.4) is 0 Å². The van der Waals surface area contributed by atoms with Crippen LogP contribution in [0, 0.1) is 0 Å². The van der Waals surface area contributed by atoms with Crippen molar-refractivity contribution < 1.29 is 13.2 Å². The van der Waals surface area contributed by atoms with Gasteiger partial charge in [-0.15, -0.1) is 11.6 Å². The number of nitrogens with zero attached hydrogens (tertiary/aromatic N) is 2. The second-order valence-corrected chi connectivity index (χ2v) is 6.67. The average Bonchev–Trinajstić information content (AvgIpc) is 3.08. The molecule has 21 heavy (non-hydrogen) atoms. The highest BCUT2D eigenvalue weighted by atomic mass is 35.5. The largest absolute Gasteiger partial charge is 0.412 e. The van der Waals surface area contributed by atoms with Crippen LogP contribution in [0.25, 0.3) is 11.0 Å². The molecule has 1 saturated carbocycles. The van der Waals surface area contributed by atoms with Gasteiger partial charge in [0, 0.05) is 0 Å². The molecule has 1 aliphatic rings. The monoisotopic (exact) mass is 356 g/mol. The molecule has 8 heteroatoms. The molecular weight excluding hydrogens is 348 g/mol. The summed E-state index contributed by atoms with van der Waals surface area (Å²) in [6.07, 6.45) is -4.34. The molecular formula is C13H10Cl3F3N2. The van der Waals surface area contributed by atoms with Crippen molar-refractivity contribution in [1.29, 1.82) is 0 Å². The number of aromatic nitrogens is 2. The minimum absolute atomic E-state index is 0.0127. The molecule has 1 aromatic heterocycles. The lowest BCUT2D eigenvalue weighted by atomic mass is 10.2. The summed E-state index contributed by atoms with van der Waals surface area (Å²) in [6.45, 7) is 1.59. The molecule has 0 N–H and O–H groups in total. The molecule has 114 valence electrons. The smallest absolute Gasteiger partial charge is 0.311 e. The van der Waals surface area contributed by atoms with E-state index in [2.05, 4.69) is 4.98 Å². The SMILES string of the molecule is CC(Cl)c1nc2cc(Cl)c(Cl)cc2n1C1(C(F)(F)F)CC1. The molecule has 3 rings (SSSR count). The fourth-order valence-corrected chi connectivity index (χ4v) is 3.02. The van der Waals surface area contributed by atoms with Gasteiger partial charge in [-0.05, 0) is 31.9 Å². The lowest BCUT2D eigenvalue weighted by molar-refractivity contribution is -0.179. The number of hydrogen-bond acceptors (Lipinski definition) is 1. The Morgan fingerprint density at radius 1 is 1.24 bits per heavy atom. The van der Waals surface area contributed by atoms with Gasteiger partial charge < -0.3 is 4.57 Å². The van der Waals surface area contributed by atoms with E-state index in [1.165, 1.54) is 16.7 Å². The van der Waals surface area contributed by atoms with Gasteiger partial charge in [0.1, 0.15) is 11.4 Å². The number of fused-ring (bicyclic) bond motifs is 1. The molecule has 1 fully saturated rings. The first kappa shape index (κ1) is 15.3. The van der Waals surface area contributed by atoms with Crippen molar-refractivity contribution in [3.63, 3.8) is 0 Å². The lowest BCUT2D eigenvalue weighted by Gasteiger charge is -2.24. The molecule has 1 atom stereocenters. The maximum Gasteiger partial charge on any atom is 0.412 e. The summed E-state index contributed by atoms with van der Waals surface area (Å²) in [6, 6.07) is 2.88. The normalized spacial score (nSPS) is 19.0. The quantitative estimate of drug-likeness (QED) is 0.631. The van der Waals surface area contributed by atoms with Gasteiger partial charge in [-0.2, -0.15) is 13.2 Å². The zero-order valence-corrected chi connectivity index (χ0v) is 13.1. The maximum absolute atomic E-state index is 13.5. The summed E-state index contributed by atoms with van der Waals surface area (Å²) in [5.74, 6) is 0.180. The third-order valence-electron chi connectivity index (χ3n) is 3.76. The van der Waals surface area contributed by atoms with Gasteiger partial charge in [-0.3, -0.25) is 0 Å². The van der Waals surface area contributed by atoms with E-state index in [9.17, 15) is 13.2 Å². The Hall–Kier alpha value is -0.650. The Morgan fingerprint density at radius 2 is 1.81 bits per heavy atom. The Bertz CT molecular complexity index is 718. The molecule has 2 nitrogen and oxygen atoms in total. The summed E-state index contributed by atoms with van der Waals surface area (Å²) < 4.78 is 41.6. The van der Waals surface area contributed by atoms with E-state index in [0.717, 1.165) is 0 Å². The van der Waals surface area contributed by atoms with Crippen molar-refractivity contribution in [1.82, 2.24) is 9.55 Å². The first-order chi connectivity index (χ1) is 9.67. The number of imidazole rings is 1. The number of alkyl halides is 4. The van der Waals surface area contributed by atoms with Crippen LogP contribution in [0.15, 0.2) is 12.1 Å². The first-order valence-corrected chi connectivity index (χ1v) is 7.45. The molecule has 1 heterocycles. The molecule has 0 saturated heterocycles. The molecule has 1 aromatic carbocycles. The molecule has 0 aliphatic heterocycles. The molecule has 1 unspecified atom stereocenters. The van der Waals surface area contributed by atoms with E-state index < -0.39 is 17.1 Å². The van der Waals surface area contributed by atoms with Crippen molar-refractivity contribution in [3.8, 4) is 0 Å². The Kier molecular flexibility index (Phi) is 3.39. The number of hydrogen-bond donors (Lipinski definition) is 0. The highest BCUT2D eigenvalue weighted by Gasteiger charge is 2.66. The van der Waals surface area contributed by atoms with Gasteiger partial charge in [0.15, 0.2) is 0 Å². The summed E-state index contributed by atoms with van der Waals surface area (Å²) in [5, 5.41) is -0.216. The summed E-state index contributed by atoms with van der Waals surface area (Å²) >= 11 is 17.9. The Labute approximate surface area is 133 Å². The van der Waals surface area contributed by atoms with Crippen molar-refractivity contribution in [3.05, 3.63) is 28.0 Å². The van der Waals surface area contributed by atoms with E-state index in [1.54, 1.807) is 6.92 Å². The van der Waals surface area contributed by atoms with Crippen molar-refractivity contribution in [2.24, 2.45) is 0 Å². The first-order valence-electron chi connectivity index (χ1n) is 6.26. The molecule has 0 spiro atoms. The van der Waals surface area contributed by atoms with Crippen LogP contribution in [0.5, 0.6) is 0 Å². The zero-order chi connectivity index (χ0) is 15.6. The van der Waals surface area contributed by atoms with E-state index in [1.807, 2.05) is 0 Å². The molecule has 0 amide bonds. The van der Waals surface area contributed by atoms with Gasteiger partial charge in [0.2, 0.25) is 0 Å². The molecule has 1 aliphatic carbocycles. The third kappa shape index (κ3) is 2.21. The number of rotatable bonds is 2. The van der Waals surface area contributed by atoms with Crippen LogP contribution in [-0.4, -0.2) is 15.7 Å². The van der Waals surface area contributed by atoms with Crippen LogP contribution in [0.1, 0.15) is 31.0 Å². The maximum atomic E-state index is 13.5. The van der Waals surface area contributed by atoms with Gasteiger partial charge in [0.05, 0.1) is 26.5 Å². The second kappa shape index (κ2) is 4.67. The van der Waals surface area contributed by atoms with Gasteiger partial charge in [-0.25, -0.2) is 4.98 Å². The standard InChI is InChI=1S/C13H10Cl3F3N2/c1-6(14)11-20-9-4-7(15)8(16)5-10(9)21(11)12(2-3-12)13(17,18)19/h4-6H,2-3H2,1H3. The minimum Gasteiger partial charge on any atom is -0.311 e. The summed E-state index contributed by atoms with van der Waals surface area (Å²) in [4.78, 5) is 4.22. The van der Waals surface area contributed by atoms with Crippen LogP contribution < -0.4 is 0 Å². The third-order valence-corrected chi connectivity index (χ3v) is 4.67. The van der Waals surface area contributed by atoms with Gasteiger partial charge in [0.25, 0.3) is 0 Å². The highest BCUT2D eigenvalue weighted by molar-refractivity contribution is 6.42. The number of halogens is 6. The van der Waals surface area contributed by atoms with E-state index in [0.29, 0.717) is 11.0 Å².